The molecule has 1 atom stereocenters. The van der Waals surface area contributed by atoms with Crippen LogP contribution in [0.25, 0.3) is 0 Å². The van der Waals surface area contributed by atoms with Gasteiger partial charge >= 0.3 is 0 Å². The number of thiazole rings is 1. The Morgan fingerprint density at radius 2 is 1.94 bits per heavy atom. The first-order valence-electron chi connectivity index (χ1n) is 10.3. The summed E-state index contributed by atoms with van der Waals surface area (Å²) in [5.74, 6) is 1.31. The molecule has 0 spiro atoms. The Bertz CT molecular complexity index is 925. The molecular weight excluding hydrogens is 453 g/mol. The minimum Gasteiger partial charge on any atom is -0.390 e. The van der Waals surface area contributed by atoms with Gasteiger partial charge in [0.05, 0.1) is 22.0 Å². The standard InChI is InChI=1S/C22H31N5OS.2ClH/c1-14(2)20-25-18-19(23-16-8-6-7-9-17(16)24-21(18)29-20)27-11-10-26(5)15(13-27)12-22(3,4)28;;/h6-9,14-15,24,28H,10-13H2,1-5H3;2*1H/t15-;;/m0../s1. The van der Waals surface area contributed by atoms with E-state index in [1.165, 1.54) is 0 Å². The zero-order chi connectivity index (χ0) is 20.8. The third kappa shape index (κ3) is 5.71. The second-order valence-corrected chi connectivity index (χ2v) is 10.1. The first-order valence-corrected chi connectivity index (χ1v) is 11.2. The van der Waals surface area contributed by atoms with Gasteiger partial charge in [-0.15, -0.1) is 36.2 Å². The van der Waals surface area contributed by atoms with Gasteiger partial charge in [-0.2, -0.15) is 0 Å². The second-order valence-electron chi connectivity index (χ2n) is 9.06. The highest BCUT2D eigenvalue weighted by Gasteiger charge is 2.33. The van der Waals surface area contributed by atoms with Crippen LogP contribution in [0.2, 0.25) is 0 Å². The summed E-state index contributed by atoms with van der Waals surface area (Å²) < 4.78 is 0. The molecule has 2 aliphatic heterocycles. The molecule has 1 aromatic heterocycles. The quantitative estimate of drug-likeness (QED) is 0.638. The molecule has 1 fully saturated rings. The number of aliphatic imine (C=N–C) groups is 1. The van der Waals surface area contributed by atoms with Crippen molar-refractivity contribution in [2.24, 2.45) is 4.99 Å². The van der Waals surface area contributed by atoms with Gasteiger partial charge in [0.2, 0.25) is 0 Å². The van der Waals surface area contributed by atoms with Crippen molar-refractivity contribution >= 4 is 58.4 Å². The molecule has 1 saturated heterocycles. The summed E-state index contributed by atoms with van der Waals surface area (Å²) in [7, 11) is 2.14. The maximum absolute atomic E-state index is 10.4. The third-order valence-electron chi connectivity index (χ3n) is 5.54. The molecule has 0 aliphatic carbocycles. The van der Waals surface area contributed by atoms with E-state index in [4.69, 9.17) is 9.98 Å². The van der Waals surface area contributed by atoms with Crippen LogP contribution in [0.3, 0.4) is 0 Å². The zero-order valence-corrected chi connectivity index (χ0v) is 21.2. The van der Waals surface area contributed by atoms with Gasteiger partial charge in [-0.3, -0.25) is 4.90 Å². The minimum absolute atomic E-state index is 0. The maximum Gasteiger partial charge on any atom is 0.158 e. The lowest BCUT2D eigenvalue weighted by Gasteiger charge is -2.42. The van der Waals surface area contributed by atoms with Crippen molar-refractivity contribution in [3.8, 4) is 0 Å². The summed E-state index contributed by atoms with van der Waals surface area (Å²) in [4.78, 5) is 14.8. The van der Waals surface area contributed by atoms with Gasteiger partial charge in [-0.25, -0.2) is 9.98 Å². The lowest BCUT2D eigenvalue weighted by atomic mass is 9.96. The molecule has 3 heterocycles. The van der Waals surface area contributed by atoms with E-state index in [9.17, 15) is 5.11 Å². The van der Waals surface area contributed by atoms with Crippen LogP contribution in [-0.4, -0.2) is 64.1 Å². The number of nitrogens with zero attached hydrogens (tertiary/aromatic N) is 4. The molecule has 0 unspecified atom stereocenters. The summed E-state index contributed by atoms with van der Waals surface area (Å²) >= 11 is 1.72. The van der Waals surface area contributed by atoms with Crippen LogP contribution in [0, 0.1) is 0 Å². The average Bonchev–Trinajstić information content (AvgIpc) is 2.99. The van der Waals surface area contributed by atoms with Crippen molar-refractivity contribution in [3.05, 3.63) is 35.0 Å². The van der Waals surface area contributed by atoms with E-state index < -0.39 is 5.60 Å². The monoisotopic (exact) mass is 485 g/mol. The number of piperazine rings is 1. The van der Waals surface area contributed by atoms with Crippen molar-refractivity contribution in [3.63, 3.8) is 0 Å². The van der Waals surface area contributed by atoms with Gasteiger partial charge in [-0.1, -0.05) is 26.0 Å². The van der Waals surface area contributed by atoms with Crippen LogP contribution < -0.4 is 5.32 Å². The van der Waals surface area contributed by atoms with Crippen LogP contribution >= 0.6 is 36.2 Å². The number of fused-ring (bicyclic) bond motifs is 2. The molecule has 0 amide bonds. The Labute approximate surface area is 201 Å². The van der Waals surface area contributed by atoms with E-state index >= 15 is 0 Å². The molecule has 31 heavy (non-hydrogen) atoms. The lowest BCUT2D eigenvalue weighted by Crippen LogP contribution is -2.55. The molecule has 4 rings (SSSR count). The predicted molar refractivity (Wildman–Crippen MR) is 136 cm³/mol. The fourth-order valence-corrected chi connectivity index (χ4v) is 4.92. The normalized spacial score (nSPS) is 18.7. The number of para-hydroxylation sites is 2. The fourth-order valence-electron chi connectivity index (χ4n) is 3.94. The summed E-state index contributed by atoms with van der Waals surface area (Å²) in [6.45, 7) is 10.8. The number of aromatic nitrogens is 1. The van der Waals surface area contributed by atoms with E-state index in [1.54, 1.807) is 11.3 Å². The Hall–Kier alpha value is -1.38. The minimum atomic E-state index is -0.696. The van der Waals surface area contributed by atoms with Crippen molar-refractivity contribution in [2.75, 3.05) is 32.0 Å². The summed E-state index contributed by atoms with van der Waals surface area (Å²) in [5.41, 5.74) is 2.21. The van der Waals surface area contributed by atoms with Gasteiger partial charge in [0.25, 0.3) is 0 Å². The molecule has 2 aliphatic rings. The summed E-state index contributed by atoms with van der Waals surface area (Å²) in [6, 6.07) is 8.44. The molecule has 2 aromatic rings. The molecule has 9 heteroatoms. The maximum atomic E-state index is 10.4. The first kappa shape index (κ1) is 25.9. The topological polar surface area (TPSA) is 64.0 Å². The van der Waals surface area contributed by atoms with Gasteiger partial charge in [0.15, 0.2) is 5.84 Å². The van der Waals surface area contributed by atoms with Crippen LogP contribution in [0.1, 0.15) is 50.7 Å². The smallest absolute Gasteiger partial charge is 0.158 e. The molecule has 0 bridgehead atoms. The Kier molecular flexibility index (Phi) is 8.39. The Morgan fingerprint density at radius 1 is 1.23 bits per heavy atom. The number of anilines is 2. The first-order chi connectivity index (χ1) is 13.7. The van der Waals surface area contributed by atoms with Crippen LogP contribution in [0.15, 0.2) is 29.3 Å². The highest BCUT2D eigenvalue weighted by Crippen LogP contribution is 2.39. The lowest BCUT2D eigenvalue weighted by molar-refractivity contribution is 0.0218. The van der Waals surface area contributed by atoms with Crippen LogP contribution in [0.5, 0.6) is 0 Å². The number of aliphatic hydroxyl groups is 1. The van der Waals surface area contributed by atoms with Crippen molar-refractivity contribution in [1.29, 1.82) is 0 Å². The SMILES string of the molecule is CC(C)c1nc2c(s1)Nc1ccccc1N=C2N1CCN(C)[C@@H](CC(C)(C)O)C1.Cl.Cl. The number of halogens is 2. The molecule has 0 saturated carbocycles. The van der Waals surface area contributed by atoms with E-state index in [2.05, 4.69) is 42.1 Å². The van der Waals surface area contributed by atoms with E-state index in [1.807, 2.05) is 32.0 Å². The van der Waals surface area contributed by atoms with Gasteiger partial charge in [0.1, 0.15) is 10.7 Å². The van der Waals surface area contributed by atoms with Crippen molar-refractivity contribution < 1.29 is 5.11 Å². The van der Waals surface area contributed by atoms with Crippen LogP contribution in [-0.2, 0) is 0 Å². The average molecular weight is 487 g/mol. The molecule has 1 aromatic carbocycles. The summed E-state index contributed by atoms with van der Waals surface area (Å²) in [6.07, 6.45) is 0.725. The van der Waals surface area contributed by atoms with Crippen LogP contribution in [0.4, 0.5) is 16.4 Å². The van der Waals surface area contributed by atoms with E-state index in [0.717, 1.165) is 59.0 Å². The van der Waals surface area contributed by atoms with Crippen molar-refractivity contribution in [2.45, 2.75) is 51.7 Å². The number of benzene rings is 1. The number of rotatable bonds is 3. The molecule has 6 nitrogen and oxygen atoms in total. The number of nitrogens with one attached hydrogen (secondary N) is 1. The van der Waals surface area contributed by atoms with Gasteiger partial charge < -0.3 is 15.3 Å². The van der Waals surface area contributed by atoms with Crippen molar-refractivity contribution in [1.82, 2.24) is 14.8 Å². The Balaban J connectivity index is 0.00000171. The highest BCUT2D eigenvalue weighted by molar-refractivity contribution is 7.16. The molecule has 2 N–H and O–H groups in total. The molecule has 0 radical (unpaired) electrons. The largest absolute Gasteiger partial charge is 0.390 e. The zero-order valence-electron chi connectivity index (χ0n) is 18.8. The number of amidine groups is 1. The van der Waals surface area contributed by atoms with Gasteiger partial charge in [0, 0.05) is 31.6 Å². The van der Waals surface area contributed by atoms with E-state index in [-0.39, 0.29) is 30.9 Å². The Morgan fingerprint density at radius 3 is 2.61 bits per heavy atom. The number of hydrogen-bond acceptors (Lipinski definition) is 7. The molecular formula is C22H33Cl2N5OS. The summed E-state index contributed by atoms with van der Waals surface area (Å²) in [5, 5.41) is 16.1. The highest BCUT2D eigenvalue weighted by atomic mass is 35.5. The number of hydrogen-bond donors (Lipinski definition) is 2. The second kappa shape index (κ2) is 10.0. The fraction of sp³-hybridized carbons (Fsp3) is 0.545. The van der Waals surface area contributed by atoms with E-state index in [0.29, 0.717) is 5.92 Å². The number of likely N-dealkylation sites (N-methyl/N-ethyl adjacent to an activating group) is 1. The van der Waals surface area contributed by atoms with Gasteiger partial charge in [-0.05, 0) is 39.4 Å². The predicted octanol–water partition coefficient (Wildman–Crippen LogP) is 5.02. The molecule has 172 valence electrons. The third-order valence-corrected chi connectivity index (χ3v) is 6.81.